The highest BCUT2D eigenvalue weighted by Crippen LogP contribution is 2.26. The number of rotatable bonds is 3. The van der Waals surface area contributed by atoms with Crippen LogP contribution in [0.2, 0.25) is 0 Å². The molecule has 0 saturated heterocycles. The van der Waals surface area contributed by atoms with Crippen molar-refractivity contribution < 1.29 is 4.79 Å². The first-order valence-electron chi connectivity index (χ1n) is 6.77. The summed E-state index contributed by atoms with van der Waals surface area (Å²) in [6.07, 6.45) is 3.44. The first kappa shape index (κ1) is 14.4. The number of pyridine rings is 1. The number of hydrogen-bond donors (Lipinski definition) is 2. The van der Waals surface area contributed by atoms with Crippen LogP contribution < -0.4 is 5.32 Å². The number of aromatic amines is 1. The van der Waals surface area contributed by atoms with Crippen molar-refractivity contribution >= 4 is 23.1 Å². The monoisotopic (exact) mass is 313 g/mol. The van der Waals surface area contributed by atoms with Gasteiger partial charge in [-0.15, -0.1) is 11.3 Å². The van der Waals surface area contributed by atoms with E-state index in [-0.39, 0.29) is 5.91 Å². The summed E-state index contributed by atoms with van der Waals surface area (Å²) < 4.78 is 0. The zero-order valence-corrected chi connectivity index (χ0v) is 13.3. The Morgan fingerprint density at radius 1 is 1.23 bits per heavy atom. The van der Waals surface area contributed by atoms with E-state index >= 15 is 0 Å². The second-order valence-electron chi connectivity index (χ2n) is 4.91. The van der Waals surface area contributed by atoms with E-state index in [0.29, 0.717) is 10.7 Å². The lowest BCUT2D eigenvalue weighted by Gasteiger charge is -2.02. The van der Waals surface area contributed by atoms with Crippen LogP contribution in [0.15, 0.2) is 24.5 Å². The van der Waals surface area contributed by atoms with Crippen molar-refractivity contribution in [2.24, 2.45) is 0 Å². The fourth-order valence-corrected chi connectivity index (χ4v) is 3.04. The molecule has 3 aromatic heterocycles. The Hall–Kier alpha value is -2.54. The van der Waals surface area contributed by atoms with E-state index in [9.17, 15) is 4.79 Å². The number of amides is 1. The van der Waals surface area contributed by atoms with Crippen molar-refractivity contribution in [2.75, 3.05) is 5.32 Å². The van der Waals surface area contributed by atoms with Gasteiger partial charge in [0.1, 0.15) is 4.88 Å². The predicted octanol–water partition coefficient (Wildman–Crippen LogP) is 3.11. The van der Waals surface area contributed by atoms with Gasteiger partial charge < -0.3 is 5.32 Å². The maximum atomic E-state index is 12.3. The van der Waals surface area contributed by atoms with E-state index in [1.165, 1.54) is 11.3 Å². The molecule has 0 aliphatic heterocycles. The van der Waals surface area contributed by atoms with E-state index in [2.05, 4.69) is 25.5 Å². The molecule has 3 heterocycles. The Kier molecular flexibility index (Phi) is 3.72. The minimum atomic E-state index is -0.182. The van der Waals surface area contributed by atoms with Gasteiger partial charge in [-0.3, -0.25) is 14.9 Å². The molecule has 0 atom stereocenters. The molecule has 6 nitrogen and oxygen atoms in total. The van der Waals surface area contributed by atoms with Crippen LogP contribution >= 0.6 is 11.3 Å². The van der Waals surface area contributed by atoms with Crippen LogP contribution in [0.1, 0.15) is 25.9 Å². The molecule has 0 saturated carbocycles. The fourth-order valence-electron chi connectivity index (χ4n) is 2.23. The Labute approximate surface area is 131 Å². The molecule has 0 unspecified atom stereocenters. The molecule has 22 heavy (non-hydrogen) atoms. The molecule has 112 valence electrons. The van der Waals surface area contributed by atoms with Gasteiger partial charge in [-0.25, -0.2) is 4.98 Å². The Balaban J connectivity index is 1.87. The molecule has 0 aliphatic rings. The topological polar surface area (TPSA) is 83.6 Å². The third-order valence-electron chi connectivity index (χ3n) is 3.32. The van der Waals surface area contributed by atoms with Gasteiger partial charge in [0.25, 0.3) is 5.91 Å². The molecule has 0 spiro atoms. The second kappa shape index (κ2) is 5.69. The number of anilines is 1. The van der Waals surface area contributed by atoms with Crippen LogP contribution in [0.25, 0.3) is 11.3 Å². The van der Waals surface area contributed by atoms with E-state index in [4.69, 9.17) is 0 Å². The highest BCUT2D eigenvalue weighted by molar-refractivity contribution is 7.13. The minimum Gasteiger partial charge on any atom is -0.304 e. The van der Waals surface area contributed by atoms with Crippen LogP contribution in [0.3, 0.4) is 0 Å². The summed E-state index contributed by atoms with van der Waals surface area (Å²) in [6, 6.07) is 3.78. The van der Waals surface area contributed by atoms with Crippen LogP contribution in [0.5, 0.6) is 0 Å². The summed E-state index contributed by atoms with van der Waals surface area (Å²) in [5.74, 6) is 0.348. The number of H-pyrrole nitrogens is 1. The Morgan fingerprint density at radius 3 is 2.59 bits per heavy atom. The van der Waals surface area contributed by atoms with Crippen molar-refractivity contribution in [2.45, 2.75) is 20.8 Å². The molecule has 7 heteroatoms. The zero-order valence-electron chi connectivity index (χ0n) is 12.5. The predicted molar refractivity (Wildman–Crippen MR) is 86.1 cm³/mol. The average molecular weight is 313 g/mol. The number of aryl methyl sites for hydroxylation is 2. The van der Waals surface area contributed by atoms with E-state index < -0.39 is 0 Å². The van der Waals surface area contributed by atoms with Gasteiger partial charge in [0, 0.05) is 23.5 Å². The van der Waals surface area contributed by atoms with Gasteiger partial charge in [0.05, 0.1) is 16.4 Å². The molecular weight excluding hydrogens is 298 g/mol. The number of carbonyl (C=O) groups is 1. The maximum absolute atomic E-state index is 12.3. The van der Waals surface area contributed by atoms with E-state index in [0.717, 1.165) is 27.5 Å². The summed E-state index contributed by atoms with van der Waals surface area (Å²) in [4.78, 5) is 21.2. The lowest BCUT2D eigenvalue weighted by atomic mass is 10.1. The van der Waals surface area contributed by atoms with E-state index in [1.54, 1.807) is 12.4 Å². The Bertz CT molecular complexity index is 822. The first-order chi connectivity index (χ1) is 10.6. The SMILES string of the molecule is Cc1nc(C)c(C(=O)Nc2n[nH]c(-c3ccncc3)c2C)s1. The molecule has 3 aromatic rings. The van der Waals surface area contributed by atoms with Gasteiger partial charge in [0.15, 0.2) is 5.82 Å². The molecule has 2 N–H and O–H groups in total. The van der Waals surface area contributed by atoms with Crippen LogP contribution in [-0.2, 0) is 0 Å². The van der Waals surface area contributed by atoms with E-state index in [1.807, 2.05) is 32.9 Å². The fraction of sp³-hybridized carbons (Fsp3) is 0.200. The summed E-state index contributed by atoms with van der Waals surface area (Å²) in [5, 5.41) is 10.9. The number of carbonyl (C=O) groups excluding carboxylic acids is 1. The van der Waals surface area contributed by atoms with Crippen molar-refractivity contribution in [3.8, 4) is 11.3 Å². The highest BCUT2D eigenvalue weighted by Gasteiger charge is 2.17. The van der Waals surface area contributed by atoms with Gasteiger partial charge in [-0.1, -0.05) is 0 Å². The smallest absolute Gasteiger partial charge is 0.268 e. The van der Waals surface area contributed by atoms with Gasteiger partial charge in [-0.05, 0) is 32.9 Å². The minimum absolute atomic E-state index is 0.182. The van der Waals surface area contributed by atoms with Crippen LogP contribution in [0.4, 0.5) is 5.82 Å². The normalized spacial score (nSPS) is 10.7. The summed E-state index contributed by atoms with van der Waals surface area (Å²) in [6.45, 7) is 5.63. The molecule has 0 aliphatic carbocycles. The van der Waals surface area contributed by atoms with Crippen molar-refractivity contribution in [1.29, 1.82) is 0 Å². The maximum Gasteiger partial charge on any atom is 0.268 e. The molecule has 0 fully saturated rings. The third kappa shape index (κ3) is 2.62. The molecule has 3 rings (SSSR count). The zero-order chi connectivity index (χ0) is 15.7. The molecule has 0 bridgehead atoms. The largest absolute Gasteiger partial charge is 0.304 e. The summed E-state index contributed by atoms with van der Waals surface area (Å²) >= 11 is 1.38. The number of nitrogens with one attached hydrogen (secondary N) is 2. The quantitative estimate of drug-likeness (QED) is 0.778. The first-order valence-corrected chi connectivity index (χ1v) is 7.58. The number of nitrogens with zero attached hydrogens (tertiary/aromatic N) is 3. The van der Waals surface area contributed by atoms with Crippen LogP contribution in [-0.4, -0.2) is 26.1 Å². The van der Waals surface area contributed by atoms with Gasteiger partial charge in [0.2, 0.25) is 0 Å². The standard InChI is InChI=1S/C15H15N5OS/c1-8-12(11-4-6-16-7-5-11)19-20-14(8)18-15(21)13-9(2)17-10(3)22-13/h4-7H,1-3H3,(H2,18,19,20,21). The van der Waals surface area contributed by atoms with Crippen molar-refractivity contribution in [1.82, 2.24) is 20.2 Å². The Morgan fingerprint density at radius 2 is 1.95 bits per heavy atom. The number of hydrogen-bond acceptors (Lipinski definition) is 5. The van der Waals surface area contributed by atoms with Gasteiger partial charge in [-0.2, -0.15) is 5.10 Å². The summed E-state index contributed by atoms with van der Waals surface area (Å²) in [5.41, 5.74) is 3.47. The lowest BCUT2D eigenvalue weighted by Crippen LogP contribution is -2.12. The highest BCUT2D eigenvalue weighted by atomic mass is 32.1. The molecule has 1 amide bonds. The second-order valence-corrected chi connectivity index (χ2v) is 6.11. The molecular formula is C15H15N5OS. The van der Waals surface area contributed by atoms with Gasteiger partial charge >= 0.3 is 0 Å². The summed E-state index contributed by atoms with van der Waals surface area (Å²) in [7, 11) is 0. The number of aromatic nitrogens is 4. The third-order valence-corrected chi connectivity index (χ3v) is 4.39. The van der Waals surface area contributed by atoms with Crippen LogP contribution in [0, 0.1) is 20.8 Å². The average Bonchev–Trinajstić information content (AvgIpc) is 3.03. The molecule has 0 aromatic carbocycles. The molecule has 0 radical (unpaired) electrons. The van der Waals surface area contributed by atoms with Crippen molar-refractivity contribution in [3.63, 3.8) is 0 Å². The number of thiazole rings is 1. The van der Waals surface area contributed by atoms with Crippen molar-refractivity contribution in [3.05, 3.63) is 45.7 Å². The lowest BCUT2D eigenvalue weighted by molar-refractivity contribution is 0.102.